The third-order valence-corrected chi connectivity index (χ3v) is 2.40. The van der Waals surface area contributed by atoms with Crippen molar-refractivity contribution in [2.75, 3.05) is 0 Å². The Hall–Kier alpha value is -1.56. The molecule has 0 radical (unpaired) electrons. The Labute approximate surface area is 92.6 Å². The zero-order chi connectivity index (χ0) is 11.1. The van der Waals surface area contributed by atoms with Crippen molar-refractivity contribution in [1.82, 2.24) is 0 Å². The van der Waals surface area contributed by atoms with Crippen LogP contribution in [0.1, 0.15) is 26.3 Å². The van der Waals surface area contributed by atoms with E-state index in [2.05, 4.69) is 69.3 Å². The predicted octanol–water partition coefficient (Wildman–Crippen LogP) is 4.61. The van der Waals surface area contributed by atoms with Crippen molar-refractivity contribution in [2.45, 2.75) is 20.8 Å². The van der Waals surface area contributed by atoms with Crippen LogP contribution in [0.3, 0.4) is 0 Å². The molecule has 0 amide bonds. The highest BCUT2D eigenvalue weighted by Crippen LogP contribution is 2.15. The molecule has 0 saturated carbocycles. The van der Waals surface area contributed by atoms with E-state index in [-0.39, 0.29) is 0 Å². The average Bonchev–Trinajstić information content (AvgIpc) is 2.31. The van der Waals surface area contributed by atoms with Gasteiger partial charge in [-0.3, -0.25) is 0 Å². The van der Waals surface area contributed by atoms with Gasteiger partial charge in [-0.25, -0.2) is 0 Å². The molecule has 78 valence electrons. The lowest BCUT2D eigenvalue weighted by molar-refractivity contribution is 1.47. The third-order valence-electron chi connectivity index (χ3n) is 2.40. The maximum absolute atomic E-state index is 2.16. The number of benzene rings is 1. The summed E-state index contributed by atoms with van der Waals surface area (Å²) in [6.45, 7) is 6.23. The fourth-order valence-electron chi connectivity index (χ4n) is 1.31. The molecule has 0 N–H and O–H groups in total. The Kier molecular flexibility index (Phi) is 4.62. The van der Waals surface area contributed by atoms with Crippen molar-refractivity contribution in [3.63, 3.8) is 0 Å². The van der Waals surface area contributed by atoms with Gasteiger partial charge in [0.15, 0.2) is 0 Å². The summed E-state index contributed by atoms with van der Waals surface area (Å²) in [4.78, 5) is 0. The first-order chi connectivity index (χ1) is 7.27. The highest BCUT2D eigenvalue weighted by atomic mass is 14.0. The molecule has 1 aromatic rings. The second-order valence-corrected chi connectivity index (χ2v) is 3.48. The van der Waals surface area contributed by atoms with Gasteiger partial charge in [-0.05, 0) is 31.9 Å². The summed E-state index contributed by atoms with van der Waals surface area (Å²) >= 11 is 0. The van der Waals surface area contributed by atoms with Crippen LogP contribution in [-0.4, -0.2) is 0 Å². The van der Waals surface area contributed by atoms with Crippen LogP contribution in [0.25, 0.3) is 5.57 Å². The summed E-state index contributed by atoms with van der Waals surface area (Å²) in [5.74, 6) is 0. The van der Waals surface area contributed by atoms with Gasteiger partial charge in [0.05, 0.1) is 0 Å². The SMILES string of the molecule is C/C=C(C)/C=C\C(=C/C)c1ccccc1. The maximum Gasteiger partial charge on any atom is -0.0187 e. The molecule has 0 fully saturated rings. The predicted molar refractivity (Wildman–Crippen MR) is 68.7 cm³/mol. The summed E-state index contributed by atoms with van der Waals surface area (Å²) in [6, 6.07) is 10.4. The summed E-state index contributed by atoms with van der Waals surface area (Å²) in [5, 5.41) is 0. The van der Waals surface area contributed by atoms with E-state index >= 15 is 0 Å². The van der Waals surface area contributed by atoms with Crippen LogP contribution in [0.2, 0.25) is 0 Å². The highest BCUT2D eigenvalue weighted by Gasteiger charge is 1.93. The van der Waals surface area contributed by atoms with Crippen LogP contribution in [0.15, 0.2) is 60.2 Å². The Balaban J connectivity index is 2.89. The van der Waals surface area contributed by atoms with E-state index in [1.165, 1.54) is 16.7 Å². The van der Waals surface area contributed by atoms with Crippen molar-refractivity contribution in [3.05, 3.63) is 65.8 Å². The second kappa shape index (κ2) is 6.02. The van der Waals surface area contributed by atoms with Gasteiger partial charge in [-0.1, -0.05) is 60.2 Å². The molecule has 0 aliphatic rings. The van der Waals surface area contributed by atoms with E-state index in [1.54, 1.807) is 0 Å². The monoisotopic (exact) mass is 198 g/mol. The largest absolute Gasteiger partial charge is 0.0847 e. The van der Waals surface area contributed by atoms with Crippen LogP contribution < -0.4 is 0 Å². The minimum atomic E-state index is 1.26. The zero-order valence-corrected chi connectivity index (χ0v) is 9.70. The Bertz CT molecular complexity index is 378. The van der Waals surface area contributed by atoms with Gasteiger partial charge in [0.25, 0.3) is 0 Å². The lowest BCUT2D eigenvalue weighted by atomic mass is 10.0. The lowest BCUT2D eigenvalue weighted by Crippen LogP contribution is -1.79. The van der Waals surface area contributed by atoms with Gasteiger partial charge in [0.1, 0.15) is 0 Å². The molecule has 0 unspecified atom stereocenters. The van der Waals surface area contributed by atoms with Gasteiger partial charge in [-0.2, -0.15) is 0 Å². The molecule has 1 aromatic carbocycles. The summed E-state index contributed by atoms with van der Waals surface area (Å²) in [5.41, 5.74) is 3.81. The van der Waals surface area contributed by atoms with Crippen molar-refractivity contribution < 1.29 is 0 Å². The van der Waals surface area contributed by atoms with Gasteiger partial charge in [-0.15, -0.1) is 0 Å². The summed E-state index contributed by atoms with van der Waals surface area (Å²) < 4.78 is 0. The standard InChI is InChI=1S/C15H18/c1-4-13(3)11-12-14(5-2)15-9-7-6-8-10-15/h4-12H,1-3H3/b12-11-,13-4+,14-5+. The average molecular weight is 198 g/mol. The van der Waals surface area contributed by atoms with Gasteiger partial charge in [0, 0.05) is 0 Å². The van der Waals surface area contributed by atoms with E-state index in [4.69, 9.17) is 0 Å². The first-order valence-electron chi connectivity index (χ1n) is 5.30. The first-order valence-corrected chi connectivity index (χ1v) is 5.30. The number of hydrogen-bond acceptors (Lipinski definition) is 0. The third kappa shape index (κ3) is 3.59. The molecular weight excluding hydrogens is 180 g/mol. The molecule has 15 heavy (non-hydrogen) atoms. The van der Waals surface area contributed by atoms with E-state index in [0.29, 0.717) is 0 Å². The van der Waals surface area contributed by atoms with E-state index in [9.17, 15) is 0 Å². The summed E-state index contributed by atoms with van der Waals surface area (Å²) in [7, 11) is 0. The van der Waals surface area contributed by atoms with E-state index in [0.717, 1.165) is 0 Å². The lowest BCUT2D eigenvalue weighted by Gasteiger charge is -2.01. The number of allylic oxidation sites excluding steroid dienone is 6. The summed E-state index contributed by atoms with van der Waals surface area (Å²) in [6.07, 6.45) is 8.54. The molecule has 0 spiro atoms. The second-order valence-electron chi connectivity index (χ2n) is 3.48. The fraction of sp³-hybridized carbons (Fsp3) is 0.200. The molecule has 0 aliphatic carbocycles. The van der Waals surface area contributed by atoms with Crippen LogP contribution in [-0.2, 0) is 0 Å². The Morgan fingerprint density at radius 1 is 0.933 bits per heavy atom. The van der Waals surface area contributed by atoms with Crippen LogP contribution in [0.5, 0.6) is 0 Å². The smallest absolute Gasteiger partial charge is 0.0187 e. The minimum absolute atomic E-state index is 1.26. The molecule has 0 heteroatoms. The molecule has 0 aliphatic heterocycles. The molecule has 0 aromatic heterocycles. The normalized spacial score (nSPS) is 13.5. The Morgan fingerprint density at radius 3 is 2.13 bits per heavy atom. The molecular formula is C15H18. The number of rotatable bonds is 3. The van der Waals surface area contributed by atoms with Crippen molar-refractivity contribution in [3.8, 4) is 0 Å². The molecule has 0 nitrogen and oxygen atoms in total. The molecule has 0 bridgehead atoms. The first kappa shape index (κ1) is 11.5. The molecule has 0 saturated heterocycles. The van der Waals surface area contributed by atoms with Gasteiger partial charge in [0.2, 0.25) is 0 Å². The zero-order valence-electron chi connectivity index (χ0n) is 9.70. The molecule has 1 rings (SSSR count). The topological polar surface area (TPSA) is 0 Å². The quantitative estimate of drug-likeness (QED) is 0.622. The molecule has 0 atom stereocenters. The highest BCUT2D eigenvalue weighted by molar-refractivity contribution is 5.74. The van der Waals surface area contributed by atoms with E-state index < -0.39 is 0 Å². The Morgan fingerprint density at radius 2 is 1.60 bits per heavy atom. The van der Waals surface area contributed by atoms with Crippen molar-refractivity contribution in [1.29, 1.82) is 0 Å². The fourth-order valence-corrected chi connectivity index (χ4v) is 1.31. The van der Waals surface area contributed by atoms with Crippen LogP contribution in [0, 0.1) is 0 Å². The van der Waals surface area contributed by atoms with Gasteiger partial charge < -0.3 is 0 Å². The van der Waals surface area contributed by atoms with Crippen molar-refractivity contribution in [2.24, 2.45) is 0 Å². The number of hydrogen-bond donors (Lipinski definition) is 0. The molecule has 0 heterocycles. The van der Waals surface area contributed by atoms with Gasteiger partial charge >= 0.3 is 0 Å². The minimum Gasteiger partial charge on any atom is -0.0847 e. The van der Waals surface area contributed by atoms with Crippen molar-refractivity contribution >= 4 is 5.57 Å². The van der Waals surface area contributed by atoms with Crippen LogP contribution in [0.4, 0.5) is 0 Å². The maximum atomic E-state index is 2.16. The van der Waals surface area contributed by atoms with Crippen LogP contribution >= 0.6 is 0 Å². The van der Waals surface area contributed by atoms with E-state index in [1.807, 2.05) is 6.07 Å².